The SMILES string of the molecule is c1cnc2c(OC[C@H]3CCCNC3)nc(-c3cn[nH]c3)cc2n1. The first-order valence-electron chi connectivity index (χ1n) is 7.84. The van der Waals surface area contributed by atoms with Gasteiger partial charge in [-0.2, -0.15) is 5.10 Å². The van der Waals surface area contributed by atoms with Gasteiger partial charge in [-0.1, -0.05) is 0 Å². The van der Waals surface area contributed by atoms with Crippen LogP contribution in [-0.4, -0.2) is 44.8 Å². The maximum absolute atomic E-state index is 6.01. The Hall–Kier alpha value is -2.54. The van der Waals surface area contributed by atoms with Crippen molar-refractivity contribution in [2.45, 2.75) is 12.8 Å². The first-order valence-corrected chi connectivity index (χ1v) is 7.84. The maximum atomic E-state index is 6.01. The van der Waals surface area contributed by atoms with Crippen LogP contribution in [-0.2, 0) is 0 Å². The summed E-state index contributed by atoms with van der Waals surface area (Å²) in [5.74, 6) is 1.05. The molecule has 1 saturated heterocycles. The summed E-state index contributed by atoms with van der Waals surface area (Å²) in [5, 5.41) is 10.2. The van der Waals surface area contributed by atoms with Gasteiger partial charge in [0, 0.05) is 36.6 Å². The van der Waals surface area contributed by atoms with Crippen molar-refractivity contribution >= 4 is 11.0 Å². The minimum absolute atomic E-state index is 0.509. The number of rotatable bonds is 4. The predicted molar refractivity (Wildman–Crippen MR) is 86.0 cm³/mol. The largest absolute Gasteiger partial charge is 0.476 e. The Bertz CT molecular complexity index is 782. The molecule has 0 aromatic carbocycles. The van der Waals surface area contributed by atoms with Crippen molar-refractivity contribution < 1.29 is 4.74 Å². The molecule has 4 heterocycles. The molecule has 0 spiro atoms. The van der Waals surface area contributed by atoms with Gasteiger partial charge in [0.15, 0.2) is 5.52 Å². The molecule has 0 unspecified atom stereocenters. The van der Waals surface area contributed by atoms with E-state index < -0.39 is 0 Å². The molecule has 7 heteroatoms. The Morgan fingerprint density at radius 3 is 3.04 bits per heavy atom. The van der Waals surface area contributed by atoms with E-state index in [4.69, 9.17) is 4.74 Å². The predicted octanol–water partition coefficient (Wildman–Crippen LogP) is 1.79. The third-order valence-electron chi connectivity index (χ3n) is 4.07. The molecule has 3 aromatic heterocycles. The fraction of sp³-hybridized carbons (Fsp3) is 0.375. The van der Waals surface area contributed by atoms with E-state index in [9.17, 15) is 0 Å². The van der Waals surface area contributed by atoms with E-state index in [1.807, 2.05) is 6.07 Å². The molecular formula is C16H18N6O. The topological polar surface area (TPSA) is 88.6 Å². The number of H-pyrrole nitrogens is 1. The monoisotopic (exact) mass is 310 g/mol. The number of hydrogen-bond donors (Lipinski definition) is 2. The minimum atomic E-state index is 0.509. The van der Waals surface area contributed by atoms with E-state index >= 15 is 0 Å². The molecular weight excluding hydrogens is 292 g/mol. The molecule has 0 saturated carbocycles. The molecule has 7 nitrogen and oxygen atoms in total. The molecule has 0 bridgehead atoms. The number of aromatic amines is 1. The van der Waals surface area contributed by atoms with Crippen molar-refractivity contribution in [3.8, 4) is 17.1 Å². The number of pyridine rings is 1. The zero-order chi connectivity index (χ0) is 15.5. The summed E-state index contributed by atoms with van der Waals surface area (Å²) in [6, 6.07) is 1.90. The quantitative estimate of drug-likeness (QED) is 0.764. The lowest BCUT2D eigenvalue weighted by atomic mass is 10.0. The second-order valence-electron chi connectivity index (χ2n) is 5.75. The van der Waals surface area contributed by atoms with Gasteiger partial charge in [0.1, 0.15) is 0 Å². The minimum Gasteiger partial charge on any atom is -0.476 e. The zero-order valence-electron chi connectivity index (χ0n) is 12.7. The average molecular weight is 310 g/mol. The first-order chi connectivity index (χ1) is 11.4. The summed E-state index contributed by atoms with van der Waals surface area (Å²) in [4.78, 5) is 13.4. The van der Waals surface area contributed by atoms with Gasteiger partial charge in [0.05, 0.1) is 24.0 Å². The number of fused-ring (bicyclic) bond motifs is 1. The van der Waals surface area contributed by atoms with Crippen molar-refractivity contribution in [1.29, 1.82) is 0 Å². The maximum Gasteiger partial charge on any atom is 0.242 e. The van der Waals surface area contributed by atoms with Crippen LogP contribution in [0.2, 0.25) is 0 Å². The van der Waals surface area contributed by atoms with Crippen molar-refractivity contribution in [3.05, 3.63) is 30.9 Å². The molecule has 1 fully saturated rings. The normalized spacial score (nSPS) is 18.2. The van der Waals surface area contributed by atoms with E-state index in [1.165, 1.54) is 12.8 Å². The molecule has 2 N–H and O–H groups in total. The number of nitrogens with one attached hydrogen (secondary N) is 2. The zero-order valence-corrected chi connectivity index (χ0v) is 12.7. The Balaban J connectivity index is 1.66. The number of hydrogen-bond acceptors (Lipinski definition) is 6. The van der Waals surface area contributed by atoms with Gasteiger partial charge in [-0.3, -0.25) is 10.1 Å². The fourth-order valence-corrected chi connectivity index (χ4v) is 2.85. The Labute approximate surface area is 133 Å². The fourth-order valence-electron chi connectivity index (χ4n) is 2.85. The highest BCUT2D eigenvalue weighted by Crippen LogP contribution is 2.26. The van der Waals surface area contributed by atoms with E-state index in [0.29, 0.717) is 23.9 Å². The smallest absolute Gasteiger partial charge is 0.242 e. The molecule has 0 amide bonds. The molecule has 0 aliphatic carbocycles. The van der Waals surface area contributed by atoms with Crippen LogP contribution < -0.4 is 10.1 Å². The lowest BCUT2D eigenvalue weighted by Crippen LogP contribution is -2.33. The Morgan fingerprint density at radius 2 is 2.22 bits per heavy atom. The highest BCUT2D eigenvalue weighted by atomic mass is 16.5. The lowest BCUT2D eigenvalue weighted by Gasteiger charge is -2.22. The van der Waals surface area contributed by atoms with Gasteiger partial charge < -0.3 is 10.1 Å². The lowest BCUT2D eigenvalue weighted by molar-refractivity contribution is 0.214. The van der Waals surface area contributed by atoms with Crippen molar-refractivity contribution in [2.75, 3.05) is 19.7 Å². The summed E-state index contributed by atoms with van der Waals surface area (Å²) in [6.07, 6.45) is 9.25. The molecule has 0 radical (unpaired) electrons. The van der Waals surface area contributed by atoms with Gasteiger partial charge in [-0.05, 0) is 25.5 Å². The molecule has 1 aliphatic rings. The Morgan fingerprint density at radius 1 is 1.26 bits per heavy atom. The number of nitrogens with zero attached hydrogens (tertiary/aromatic N) is 4. The molecule has 3 aromatic rings. The molecule has 1 atom stereocenters. The number of piperidine rings is 1. The third kappa shape index (κ3) is 3.00. The van der Waals surface area contributed by atoms with Crippen LogP contribution in [0.25, 0.3) is 22.3 Å². The summed E-state index contributed by atoms with van der Waals surface area (Å²) in [5.41, 5.74) is 3.16. The van der Waals surface area contributed by atoms with Crippen molar-refractivity contribution in [1.82, 2.24) is 30.5 Å². The summed E-state index contributed by atoms with van der Waals surface area (Å²) < 4.78 is 6.01. The molecule has 118 valence electrons. The van der Waals surface area contributed by atoms with Crippen molar-refractivity contribution in [3.63, 3.8) is 0 Å². The summed E-state index contributed by atoms with van der Waals surface area (Å²) >= 11 is 0. The van der Waals surface area contributed by atoms with E-state index in [1.54, 1.807) is 24.8 Å². The van der Waals surface area contributed by atoms with Crippen molar-refractivity contribution in [2.24, 2.45) is 5.92 Å². The van der Waals surface area contributed by atoms with E-state index in [-0.39, 0.29) is 0 Å². The average Bonchev–Trinajstić information content (AvgIpc) is 3.15. The number of aromatic nitrogens is 5. The highest BCUT2D eigenvalue weighted by Gasteiger charge is 2.16. The van der Waals surface area contributed by atoms with Crippen LogP contribution in [0.4, 0.5) is 0 Å². The summed E-state index contributed by atoms with van der Waals surface area (Å²) in [7, 11) is 0. The van der Waals surface area contributed by atoms with Crippen LogP contribution in [0.1, 0.15) is 12.8 Å². The van der Waals surface area contributed by atoms with E-state index in [0.717, 1.165) is 29.9 Å². The van der Waals surface area contributed by atoms with Gasteiger partial charge in [0.25, 0.3) is 0 Å². The van der Waals surface area contributed by atoms with Gasteiger partial charge in [-0.15, -0.1) is 0 Å². The first kappa shape index (κ1) is 14.1. The standard InChI is InChI=1S/C16H18N6O/c1-2-11(7-17-3-1)10-23-16-15-14(18-4-5-19-15)6-13(22-16)12-8-20-21-9-12/h4-6,8-9,11,17H,1-3,7,10H2,(H,20,21)/t11-/m0/s1. The molecule has 1 aliphatic heterocycles. The summed E-state index contributed by atoms with van der Waals surface area (Å²) in [6.45, 7) is 2.73. The van der Waals surface area contributed by atoms with E-state index in [2.05, 4.69) is 30.5 Å². The molecule has 4 rings (SSSR count). The van der Waals surface area contributed by atoms with Crippen LogP contribution in [0, 0.1) is 5.92 Å². The second kappa shape index (κ2) is 6.29. The van der Waals surface area contributed by atoms with Crippen LogP contribution >= 0.6 is 0 Å². The van der Waals surface area contributed by atoms with Gasteiger partial charge in [-0.25, -0.2) is 9.97 Å². The highest BCUT2D eigenvalue weighted by molar-refractivity contribution is 5.83. The second-order valence-corrected chi connectivity index (χ2v) is 5.75. The number of ether oxygens (including phenoxy) is 1. The Kier molecular flexibility index (Phi) is 3.85. The van der Waals surface area contributed by atoms with Crippen LogP contribution in [0.5, 0.6) is 5.88 Å². The van der Waals surface area contributed by atoms with Crippen LogP contribution in [0.15, 0.2) is 30.9 Å². The van der Waals surface area contributed by atoms with Gasteiger partial charge >= 0.3 is 0 Å². The molecule has 23 heavy (non-hydrogen) atoms. The van der Waals surface area contributed by atoms with Crippen LogP contribution in [0.3, 0.4) is 0 Å². The van der Waals surface area contributed by atoms with Gasteiger partial charge in [0.2, 0.25) is 5.88 Å². The third-order valence-corrected chi connectivity index (χ3v) is 4.07.